The normalized spacial score (nSPS) is 11.3. The van der Waals surface area contributed by atoms with Crippen LogP contribution >= 0.6 is 11.6 Å². The van der Waals surface area contributed by atoms with E-state index < -0.39 is 10.0 Å². The Morgan fingerprint density at radius 1 is 1.21 bits per heavy atom. The van der Waals surface area contributed by atoms with Gasteiger partial charge in [-0.1, -0.05) is 11.6 Å². The predicted octanol–water partition coefficient (Wildman–Crippen LogP) is 2.14. The molecule has 2 N–H and O–H groups in total. The van der Waals surface area contributed by atoms with Gasteiger partial charge in [0.25, 0.3) is 10.0 Å². The summed E-state index contributed by atoms with van der Waals surface area (Å²) in [4.78, 5) is 3.87. The monoisotopic (exact) mass is 297 g/mol. The third kappa shape index (κ3) is 2.64. The number of rotatable bonds is 3. The largest absolute Gasteiger partial charge is 0.398 e. The van der Waals surface area contributed by atoms with Crippen molar-refractivity contribution in [1.29, 1.82) is 0 Å². The van der Waals surface area contributed by atoms with Crippen molar-refractivity contribution in [3.8, 4) is 0 Å². The molecule has 0 aliphatic carbocycles. The fourth-order valence-electron chi connectivity index (χ4n) is 1.59. The number of nitrogens with zero attached hydrogens (tertiary/aromatic N) is 2. The highest BCUT2D eigenvalue weighted by molar-refractivity contribution is 7.93. The highest BCUT2D eigenvalue weighted by Gasteiger charge is 2.23. The first kappa shape index (κ1) is 13.6. The quantitative estimate of drug-likeness (QED) is 0.881. The van der Waals surface area contributed by atoms with Crippen LogP contribution in [0.5, 0.6) is 0 Å². The highest BCUT2D eigenvalue weighted by Crippen LogP contribution is 2.27. The first-order chi connectivity index (χ1) is 8.93. The summed E-state index contributed by atoms with van der Waals surface area (Å²) in [5.74, 6) is 0. The van der Waals surface area contributed by atoms with Crippen LogP contribution in [0.1, 0.15) is 0 Å². The number of anilines is 2. The number of pyridine rings is 1. The third-order valence-corrected chi connectivity index (χ3v) is 4.73. The van der Waals surface area contributed by atoms with Gasteiger partial charge >= 0.3 is 0 Å². The molecular formula is C12H12ClN3O2S. The van der Waals surface area contributed by atoms with E-state index in [1.165, 1.54) is 37.6 Å². The second-order valence-electron chi connectivity index (χ2n) is 3.86. The number of nitrogens with two attached hydrogens (primary N) is 1. The summed E-state index contributed by atoms with van der Waals surface area (Å²) in [5.41, 5.74) is 6.34. The standard InChI is InChI=1S/C12H12ClN3O2S/c1-16(10-4-6-15-7-5-10)19(17,18)12-3-2-9(13)8-11(12)14/h2-8H,14H2,1H3. The Bertz CT molecular complexity index is 689. The maximum absolute atomic E-state index is 12.4. The van der Waals surface area contributed by atoms with Crippen LogP contribution < -0.4 is 10.0 Å². The first-order valence-corrected chi connectivity index (χ1v) is 7.18. The van der Waals surface area contributed by atoms with Crippen LogP contribution in [-0.2, 0) is 10.0 Å². The zero-order valence-electron chi connectivity index (χ0n) is 10.1. The molecule has 1 aromatic heterocycles. The Balaban J connectivity index is 2.48. The lowest BCUT2D eigenvalue weighted by Crippen LogP contribution is -2.27. The van der Waals surface area contributed by atoms with E-state index in [2.05, 4.69) is 4.98 Å². The lowest BCUT2D eigenvalue weighted by Gasteiger charge is -2.20. The Morgan fingerprint density at radius 2 is 1.84 bits per heavy atom. The van der Waals surface area contributed by atoms with Gasteiger partial charge in [-0.2, -0.15) is 0 Å². The molecule has 1 aromatic carbocycles. The summed E-state index contributed by atoms with van der Waals surface area (Å²) in [6.45, 7) is 0. The van der Waals surface area contributed by atoms with Gasteiger partial charge in [-0.15, -0.1) is 0 Å². The van der Waals surface area contributed by atoms with Crippen molar-refractivity contribution in [2.75, 3.05) is 17.1 Å². The number of hydrogen-bond acceptors (Lipinski definition) is 4. The Kier molecular flexibility index (Phi) is 3.64. The maximum Gasteiger partial charge on any atom is 0.266 e. The molecule has 0 aliphatic heterocycles. The van der Waals surface area contributed by atoms with Crippen LogP contribution in [-0.4, -0.2) is 20.4 Å². The van der Waals surface area contributed by atoms with Gasteiger partial charge in [-0.05, 0) is 30.3 Å². The second kappa shape index (κ2) is 5.07. The van der Waals surface area contributed by atoms with Crippen molar-refractivity contribution in [2.45, 2.75) is 4.90 Å². The number of benzene rings is 1. The SMILES string of the molecule is CN(c1ccncc1)S(=O)(=O)c1ccc(Cl)cc1N. The van der Waals surface area contributed by atoms with Crippen molar-refractivity contribution in [3.63, 3.8) is 0 Å². The van der Waals surface area contributed by atoms with Crippen LogP contribution in [0.15, 0.2) is 47.6 Å². The van der Waals surface area contributed by atoms with E-state index in [4.69, 9.17) is 17.3 Å². The summed E-state index contributed by atoms with van der Waals surface area (Å²) in [7, 11) is -2.26. The van der Waals surface area contributed by atoms with Crippen molar-refractivity contribution < 1.29 is 8.42 Å². The Labute approximate surface area is 116 Å². The van der Waals surface area contributed by atoms with Crippen LogP contribution in [0, 0.1) is 0 Å². The van der Waals surface area contributed by atoms with E-state index in [1.807, 2.05) is 0 Å². The van der Waals surface area contributed by atoms with E-state index >= 15 is 0 Å². The Morgan fingerprint density at radius 3 is 2.42 bits per heavy atom. The smallest absolute Gasteiger partial charge is 0.266 e. The van der Waals surface area contributed by atoms with E-state index in [9.17, 15) is 8.42 Å². The summed E-state index contributed by atoms with van der Waals surface area (Å²) >= 11 is 5.77. The van der Waals surface area contributed by atoms with E-state index in [0.29, 0.717) is 10.7 Å². The molecule has 2 aromatic rings. The molecule has 0 aliphatic rings. The number of nitrogen functional groups attached to an aromatic ring is 1. The van der Waals surface area contributed by atoms with Gasteiger partial charge in [0.15, 0.2) is 0 Å². The fourth-order valence-corrected chi connectivity index (χ4v) is 3.07. The molecule has 19 heavy (non-hydrogen) atoms. The molecule has 0 fully saturated rings. The van der Waals surface area contributed by atoms with Gasteiger partial charge in [0.05, 0.1) is 11.4 Å². The number of aromatic nitrogens is 1. The molecule has 0 atom stereocenters. The van der Waals surface area contributed by atoms with Gasteiger partial charge in [0.2, 0.25) is 0 Å². The van der Waals surface area contributed by atoms with Crippen molar-refractivity contribution >= 4 is 33.0 Å². The fraction of sp³-hybridized carbons (Fsp3) is 0.0833. The maximum atomic E-state index is 12.4. The molecule has 0 saturated carbocycles. The third-order valence-electron chi connectivity index (χ3n) is 2.64. The molecule has 100 valence electrons. The molecule has 0 radical (unpaired) electrons. The number of halogens is 1. The molecule has 5 nitrogen and oxygen atoms in total. The molecule has 2 rings (SSSR count). The minimum atomic E-state index is -3.72. The van der Waals surface area contributed by atoms with Crippen molar-refractivity contribution in [2.24, 2.45) is 0 Å². The molecule has 7 heteroatoms. The van der Waals surface area contributed by atoms with Gasteiger partial charge in [0.1, 0.15) is 4.90 Å². The van der Waals surface area contributed by atoms with Crippen molar-refractivity contribution in [1.82, 2.24) is 4.98 Å². The van der Waals surface area contributed by atoms with E-state index in [0.717, 1.165) is 4.31 Å². The van der Waals surface area contributed by atoms with Crippen molar-refractivity contribution in [3.05, 3.63) is 47.7 Å². The zero-order chi connectivity index (χ0) is 14.0. The zero-order valence-corrected chi connectivity index (χ0v) is 11.7. The van der Waals surface area contributed by atoms with E-state index in [1.54, 1.807) is 12.1 Å². The number of sulfonamides is 1. The van der Waals surface area contributed by atoms with Crippen LogP contribution in [0.4, 0.5) is 11.4 Å². The summed E-state index contributed by atoms with van der Waals surface area (Å²) in [6, 6.07) is 7.50. The lowest BCUT2D eigenvalue weighted by atomic mass is 10.3. The average Bonchev–Trinajstić information content (AvgIpc) is 2.38. The minimum absolute atomic E-state index is 0.0243. The molecule has 0 amide bonds. The van der Waals surface area contributed by atoms with Gasteiger partial charge in [-0.25, -0.2) is 8.42 Å². The second-order valence-corrected chi connectivity index (χ2v) is 6.23. The molecule has 1 heterocycles. The molecule has 0 bridgehead atoms. The molecule has 0 unspecified atom stereocenters. The van der Waals surface area contributed by atoms with Gasteiger partial charge in [-0.3, -0.25) is 9.29 Å². The van der Waals surface area contributed by atoms with E-state index in [-0.39, 0.29) is 10.6 Å². The van der Waals surface area contributed by atoms with Gasteiger partial charge < -0.3 is 5.73 Å². The summed E-state index contributed by atoms with van der Waals surface area (Å²) in [5, 5.41) is 0.392. The molecule has 0 saturated heterocycles. The molecule has 0 spiro atoms. The van der Waals surface area contributed by atoms with Crippen LogP contribution in [0.25, 0.3) is 0 Å². The Hall–Kier alpha value is -1.79. The highest BCUT2D eigenvalue weighted by atomic mass is 35.5. The lowest BCUT2D eigenvalue weighted by molar-refractivity contribution is 0.595. The average molecular weight is 298 g/mol. The minimum Gasteiger partial charge on any atom is -0.398 e. The summed E-state index contributed by atoms with van der Waals surface area (Å²) < 4.78 is 26.0. The first-order valence-electron chi connectivity index (χ1n) is 5.37. The number of hydrogen-bond donors (Lipinski definition) is 1. The van der Waals surface area contributed by atoms with Crippen LogP contribution in [0.2, 0.25) is 5.02 Å². The van der Waals surface area contributed by atoms with Crippen LogP contribution in [0.3, 0.4) is 0 Å². The topological polar surface area (TPSA) is 76.3 Å². The molecular weight excluding hydrogens is 286 g/mol. The summed E-state index contributed by atoms with van der Waals surface area (Å²) in [6.07, 6.45) is 3.04. The van der Waals surface area contributed by atoms with Gasteiger partial charge in [0, 0.05) is 24.5 Å². The predicted molar refractivity (Wildman–Crippen MR) is 75.7 cm³/mol.